The molecule has 8 heteroatoms. The molecule has 0 amide bonds. The minimum absolute atomic E-state index is 0.0346. The lowest BCUT2D eigenvalue weighted by Crippen LogP contribution is -2.37. The van der Waals surface area contributed by atoms with E-state index in [-0.39, 0.29) is 13.4 Å². The van der Waals surface area contributed by atoms with Crippen molar-refractivity contribution in [3.8, 4) is 0 Å². The summed E-state index contributed by atoms with van der Waals surface area (Å²) in [6.45, 7) is 3.41. The summed E-state index contributed by atoms with van der Waals surface area (Å²) < 4.78 is 24.2. The molecule has 2 fully saturated rings. The highest BCUT2D eigenvalue weighted by atomic mass is 16.8. The van der Waals surface area contributed by atoms with E-state index >= 15 is 0 Å². The summed E-state index contributed by atoms with van der Waals surface area (Å²) >= 11 is 0. The number of cyclic esters (lactones) is 1. The summed E-state index contributed by atoms with van der Waals surface area (Å²) in [6.07, 6.45) is -4.87. The van der Waals surface area contributed by atoms with Gasteiger partial charge in [0, 0.05) is 0 Å². The molecule has 3 unspecified atom stereocenters. The molecule has 106 valence electrons. The van der Waals surface area contributed by atoms with Crippen LogP contribution in [-0.4, -0.2) is 55.7 Å². The summed E-state index contributed by atoms with van der Waals surface area (Å²) in [6, 6.07) is 0. The Balaban J connectivity index is 1.96. The first-order valence-corrected chi connectivity index (χ1v) is 5.80. The Labute approximate surface area is 108 Å². The van der Waals surface area contributed by atoms with Crippen molar-refractivity contribution in [3.05, 3.63) is 0 Å². The maximum absolute atomic E-state index is 11.9. The molecular weight excluding hydrogens is 260 g/mol. The monoisotopic (exact) mass is 274 g/mol. The van der Waals surface area contributed by atoms with Crippen LogP contribution in [0.5, 0.6) is 0 Å². The van der Waals surface area contributed by atoms with Crippen LogP contribution in [0.4, 0.5) is 4.79 Å². The number of hydrogen-bond donors (Lipinski definition) is 0. The quantitative estimate of drug-likeness (QED) is 0.515. The molecule has 0 aromatic carbocycles. The number of hydrogen-bond acceptors (Lipinski definition) is 8. The third kappa shape index (κ3) is 3.02. The Kier molecular flexibility index (Phi) is 4.01. The van der Waals surface area contributed by atoms with Crippen molar-refractivity contribution >= 4 is 17.9 Å². The molecule has 0 aliphatic carbocycles. The average molecular weight is 274 g/mol. The van der Waals surface area contributed by atoms with E-state index in [2.05, 4.69) is 4.74 Å². The van der Waals surface area contributed by atoms with Crippen LogP contribution in [0.25, 0.3) is 0 Å². The highest BCUT2D eigenvalue weighted by Gasteiger charge is 2.51. The van der Waals surface area contributed by atoms with Gasteiger partial charge in [0.15, 0.2) is 6.10 Å². The molecule has 2 aliphatic heterocycles. The minimum atomic E-state index is -1.60. The van der Waals surface area contributed by atoms with Crippen molar-refractivity contribution in [3.63, 3.8) is 0 Å². The van der Waals surface area contributed by atoms with Crippen LogP contribution in [0.3, 0.4) is 0 Å². The number of ether oxygens (including phenoxy) is 5. The molecule has 0 aromatic rings. The fourth-order valence-electron chi connectivity index (χ4n) is 1.71. The normalized spacial score (nSPS) is 30.6. The molecule has 2 saturated heterocycles. The number of carbonyl (C=O) groups is 3. The molecule has 0 saturated carbocycles. The van der Waals surface area contributed by atoms with Gasteiger partial charge in [-0.25, -0.2) is 9.59 Å². The molecule has 0 aromatic heterocycles. The highest BCUT2D eigenvalue weighted by molar-refractivity contribution is 6.10. The van der Waals surface area contributed by atoms with Crippen LogP contribution < -0.4 is 0 Å². The Hall–Kier alpha value is -1.67. The van der Waals surface area contributed by atoms with Gasteiger partial charge in [0.25, 0.3) is 6.10 Å². The second kappa shape index (κ2) is 5.54. The molecule has 0 spiro atoms. The number of Topliss-reactive ketones (excluding diaryl/α,β-unsaturated/α-hetero) is 1. The van der Waals surface area contributed by atoms with E-state index < -0.39 is 42.3 Å². The number of esters is 1. The number of rotatable bonds is 3. The average Bonchev–Trinajstić information content (AvgIpc) is 2.91. The van der Waals surface area contributed by atoms with Gasteiger partial charge in [0.2, 0.25) is 5.78 Å². The first-order valence-electron chi connectivity index (χ1n) is 5.80. The Morgan fingerprint density at radius 3 is 2.68 bits per heavy atom. The lowest BCUT2D eigenvalue weighted by Gasteiger charge is -2.13. The van der Waals surface area contributed by atoms with Gasteiger partial charge in [-0.15, -0.1) is 0 Å². The zero-order chi connectivity index (χ0) is 14.0. The van der Waals surface area contributed by atoms with Gasteiger partial charge in [0.1, 0.15) is 12.9 Å². The second-order valence-electron chi connectivity index (χ2n) is 4.37. The zero-order valence-electron chi connectivity index (χ0n) is 10.5. The first kappa shape index (κ1) is 13.8. The van der Waals surface area contributed by atoms with Crippen LogP contribution in [-0.2, 0) is 33.3 Å². The van der Waals surface area contributed by atoms with Gasteiger partial charge in [-0.05, 0) is 13.8 Å². The first-order chi connectivity index (χ1) is 8.99. The van der Waals surface area contributed by atoms with E-state index in [1.807, 2.05) is 0 Å². The van der Waals surface area contributed by atoms with Crippen molar-refractivity contribution in [2.75, 3.05) is 13.4 Å². The summed E-state index contributed by atoms with van der Waals surface area (Å²) in [5.41, 5.74) is 0. The fourth-order valence-corrected chi connectivity index (χ4v) is 1.71. The van der Waals surface area contributed by atoms with E-state index in [0.717, 1.165) is 0 Å². The van der Waals surface area contributed by atoms with Gasteiger partial charge < -0.3 is 23.7 Å². The van der Waals surface area contributed by atoms with Gasteiger partial charge in [-0.1, -0.05) is 0 Å². The molecule has 3 atom stereocenters. The lowest BCUT2D eigenvalue weighted by atomic mass is 10.1. The second-order valence-corrected chi connectivity index (χ2v) is 4.37. The smallest absolute Gasteiger partial charge is 0.448 e. The van der Waals surface area contributed by atoms with Crippen LogP contribution in [0.1, 0.15) is 13.8 Å². The van der Waals surface area contributed by atoms with E-state index in [4.69, 9.17) is 18.9 Å². The van der Waals surface area contributed by atoms with Crippen LogP contribution >= 0.6 is 0 Å². The SMILES string of the molecule is CC(C)OC(=O)OC1C(=O)OC(C2COCO2)C1=O. The van der Waals surface area contributed by atoms with Gasteiger partial charge in [-0.3, -0.25) is 4.79 Å². The van der Waals surface area contributed by atoms with Gasteiger partial charge in [-0.2, -0.15) is 0 Å². The third-order valence-corrected chi connectivity index (χ3v) is 2.53. The standard InChI is InChI=1S/C11H14O8/c1-5(2)17-11(14)19-9-7(12)8(18-10(9)13)6-3-15-4-16-6/h5-6,8-9H,3-4H2,1-2H3. The minimum Gasteiger partial charge on any atom is -0.448 e. The lowest BCUT2D eigenvalue weighted by molar-refractivity contribution is -0.151. The Bertz CT molecular complexity index is 384. The van der Waals surface area contributed by atoms with E-state index in [0.29, 0.717) is 0 Å². The van der Waals surface area contributed by atoms with Crippen molar-refractivity contribution in [1.82, 2.24) is 0 Å². The van der Waals surface area contributed by atoms with Crippen LogP contribution in [0.15, 0.2) is 0 Å². The van der Waals surface area contributed by atoms with Crippen LogP contribution in [0, 0.1) is 0 Å². The van der Waals surface area contributed by atoms with Crippen molar-refractivity contribution < 1.29 is 38.1 Å². The summed E-state index contributed by atoms with van der Waals surface area (Å²) in [5.74, 6) is -1.59. The van der Waals surface area contributed by atoms with Crippen molar-refractivity contribution in [2.45, 2.75) is 38.3 Å². The Morgan fingerprint density at radius 1 is 1.37 bits per heavy atom. The molecular formula is C11H14O8. The van der Waals surface area contributed by atoms with Crippen LogP contribution in [0.2, 0.25) is 0 Å². The fraction of sp³-hybridized carbons (Fsp3) is 0.727. The largest absolute Gasteiger partial charge is 0.509 e. The predicted octanol–water partition coefficient (Wildman–Crippen LogP) is -0.216. The summed E-state index contributed by atoms with van der Waals surface area (Å²) in [4.78, 5) is 34.7. The molecule has 2 aliphatic rings. The predicted molar refractivity (Wildman–Crippen MR) is 57.1 cm³/mol. The molecule has 0 N–H and O–H groups in total. The van der Waals surface area contributed by atoms with Gasteiger partial charge in [0.05, 0.1) is 12.7 Å². The van der Waals surface area contributed by atoms with Crippen molar-refractivity contribution in [2.24, 2.45) is 0 Å². The Morgan fingerprint density at radius 2 is 2.11 bits per heavy atom. The van der Waals surface area contributed by atoms with Gasteiger partial charge >= 0.3 is 12.1 Å². The highest BCUT2D eigenvalue weighted by Crippen LogP contribution is 2.22. The molecule has 0 radical (unpaired) electrons. The molecule has 8 nitrogen and oxygen atoms in total. The van der Waals surface area contributed by atoms with E-state index in [1.54, 1.807) is 13.8 Å². The topological polar surface area (TPSA) is 97.4 Å². The maximum atomic E-state index is 11.9. The number of carbonyl (C=O) groups excluding carboxylic acids is 3. The molecule has 2 heterocycles. The third-order valence-electron chi connectivity index (χ3n) is 2.53. The molecule has 2 rings (SSSR count). The van der Waals surface area contributed by atoms with E-state index in [9.17, 15) is 14.4 Å². The maximum Gasteiger partial charge on any atom is 0.509 e. The number of ketones is 1. The van der Waals surface area contributed by atoms with Crippen molar-refractivity contribution in [1.29, 1.82) is 0 Å². The zero-order valence-corrected chi connectivity index (χ0v) is 10.5. The van der Waals surface area contributed by atoms with E-state index in [1.165, 1.54) is 0 Å². The summed E-state index contributed by atoms with van der Waals surface area (Å²) in [5, 5.41) is 0. The summed E-state index contributed by atoms with van der Waals surface area (Å²) in [7, 11) is 0. The molecule has 0 bridgehead atoms. The molecule has 19 heavy (non-hydrogen) atoms.